The number of benzene rings is 4. The van der Waals surface area contributed by atoms with Crippen LogP contribution in [0.2, 0.25) is 5.04 Å². The molecule has 1 heterocycles. The Hall–Kier alpha value is -3.97. The lowest BCUT2D eigenvalue weighted by Crippen LogP contribution is -2.68. The van der Waals surface area contributed by atoms with Crippen LogP contribution in [-0.4, -0.2) is 33.6 Å². The molecular weight excluding hydrogens is 552 g/mol. The van der Waals surface area contributed by atoms with Gasteiger partial charge in [0.25, 0.3) is 8.32 Å². The first-order chi connectivity index (χ1) is 20.8. The van der Waals surface area contributed by atoms with E-state index < -0.39 is 26.6 Å². The van der Waals surface area contributed by atoms with Crippen molar-refractivity contribution in [3.05, 3.63) is 139 Å². The summed E-state index contributed by atoms with van der Waals surface area (Å²) >= 11 is 0. The first kappa shape index (κ1) is 30.5. The van der Waals surface area contributed by atoms with Crippen molar-refractivity contribution in [1.29, 1.82) is 0 Å². The minimum atomic E-state index is -2.98. The molecule has 0 bridgehead atoms. The van der Waals surface area contributed by atoms with Gasteiger partial charge in [0.2, 0.25) is 0 Å². The highest BCUT2D eigenvalue weighted by Gasteiger charge is 2.53. The maximum Gasteiger partial charge on any atom is 0.310 e. The van der Waals surface area contributed by atoms with Gasteiger partial charge < -0.3 is 18.6 Å². The lowest BCUT2D eigenvalue weighted by Gasteiger charge is -2.46. The van der Waals surface area contributed by atoms with E-state index in [9.17, 15) is 4.79 Å². The zero-order chi connectivity index (χ0) is 30.3. The zero-order valence-corrected chi connectivity index (χ0v) is 26.3. The molecule has 0 spiro atoms. The highest BCUT2D eigenvalue weighted by atomic mass is 28.4. The summed E-state index contributed by atoms with van der Waals surface area (Å²) in [5.41, 5.74) is 1.90. The predicted molar refractivity (Wildman–Crippen MR) is 173 cm³/mol. The maximum atomic E-state index is 13.0. The highest BCUT2D eigenvalue weighted by molar-refractivity contribution is 6.99. The maximum absolute atomic E-state index is 13.0. The van der Waals surface area contributed by atoms with E-state index in [1.165, 1.54) is 0 Å². The summed E-state index contributed by atoms with van der Waals surface area (Å²) in [6.07, 6.45) is 2.21. The molecule has 0 fully saturated rings. The van der Waals surface area contributed by atoms with Crippen molar-refractivity contribution in [2.24, 2.45) is 0 Å². The highest BCUT2D eigenvalue weighted by Crippen LogP contribution is 2.40. The Morgan fingerprint density at radius 2 is 1.37 bits per heavy atom. The Kier molecular flexibility index (Phi) is 9.61. The topological polar surface area (TPSA) is 54.0 Å². The van der Waals surface area contributed by atoms with Crippen LogP contribution in [0.1, 0.15) is 44.4 Å². The SMILES string of the molecule is COc1ccc(CO[C@@H](c2ccccc2)[C@H]2OC(=O)CC=C[C@H]2O[Si](c2ccccc2)(c2ccccc2)C(C)(C)C)cc1. The summed E-state index contributed by atoms with van der Waals surface area (Å²) < 4.78 is 25.7. The Labute approximate surface area is 256 Å². The third kappa shape index (κ3) is 6.83. The van der Waals surface area contributed by atoms with Crippen LogP contribution in [0.15, 0.2) is 127 Å². The molecule has 4 aromatic rings. The van der Waals surface area contributed by atoms with Crippen LogP contribution in [0.5, 0.6) is 5.75 Å². The second-order valence-electron chi connectivity index (χ2n) is 11.8. The number of cyclic esters (lactones) is 1. The molecular formula is C37H40O5Si. The van der Waals surface area contributed by atoms with Gasteiger partial charge in [0.15, 0.2) is 6.10 Å². The van der Waals surface area contributed by atoms with Crippen molar-refractivity contribution in [3.8, 4) is 5.75 Å². The van der Waals surface area contributed by atoms with Crippen molar-refractivity contribution >= 4 is 24.7 Å². The van der Waals surface area contributed by atoms with Crippen molar-refractivity contribution in [1.82, 2.24) is 0 Å². The Balaban J connectivity index is 1.59. The van der Waals surface area contributed by atoms with E-state index >= 15 is 0 Å². The first-order valence-corrected chi connectivity index (χ1v) is 16.7. The van der Waals surface area contributed by atoms with Crippen molar-refractivity contribution in [2.45, 2.75) is 57.1 Å². The van der Waals surface area contributed by atoms with Gasteiger partial charge in [-0.3, -0.25) is 4.79 Å². The van der Waals surface area contributed by atoms with E-state index in [0.717, 1.165) is 27.2 Å². The molecule has 6 heteroatoms. The molecule has 0 radical (unpaired) electrons. The van der Waals surface area contributed by atoms with Crippen LogP contribution < -0.4 is 15.1 Å². The Morgan fingerprint density at radius 1 is 0.814 bits per heavy atom. The third-order valence-corrected chi connectivity index (χ3v) is 13.0. The summed E-state index contributed by atoms with van der Waals surface area (Å²) in [5.74, 6) is 0.480. The van der Waals surface area contributed by atoms with Crippen LogP contribution in [0.25, 0.3) is 0 Å². The number of ether oxygens (including phenoxy) is 3. The standard InChI is InChI=1S/C37H40O5Si/c1-37(2,3)43(31-17-10-6-11-18-31,32-19-12-7-13-20-32)42-33-21-14-22-34(38)41-36(33)35(29-15-8-5-9-16-29)40-27-28-23-25-30(39-4)26-24-28/h5-21,23-26,33,35-36H,22,27H2,1-4H3/t33-,35+,36+/m1/s1. The van der Waals surface area contributed by atoms with Gasteiger partial charge in [0.05, 0.1) is 20.1 Å². The fraction of sp³-hybridized carbons (Fsp3) is 0.270. The molecule has 0 amide bonds. The number of carbonyl (C=O) groups excluding carboxylic acids is 1. The van der Waals surface area contributed by atoms with Gasteiger partial charge in [0.1, 0.15) is 18.0 Å². The van der Waals surface area contributed by atoms with E-state index in [0.29, 0.717) is 6.61 Å². The number of esters is 1. The molecule has 222 valence electrons. The fourth-order valence-electron chi connectivity index (χ4n) is 5.84. The molecule has 5 rings (SSSR count). The molecule has 0 saturated carbocycles. The lowest BCUT2D eigenvalue weighted by molar-refractivity contribution is -0.164. The minimum Gasteiger partial charge on any atom is -0.497 e. The largest absolute Gasteiger partial charge is 0.497 e. The second-order valence-corrected chi connectivity index (χ2v) is 16.1. The molecule has 0 unspecified atom stereocenters. The van der Waals surface area contributed by atoms with Gasteiger partial charge in [-0.1, -0.05) is 136 Å². The molecule has 1 aliphatic rings. The molecule has 1 aliphatic heterocycles. The van der Waals surface area contributed by atoms with Crippen molar-refractivity contribution in [2.75, 3.05) is 7.11 Å². The summed E-state index contributed by atoms with van der Waals surface area (Å²) in [5, 5.41) is 2.06. The minimum absolute atomic E-state index is 0.178. The molecule has 4 aromatic carbocycles. The van der Waals surface area contributed by atoms with Crippen LogP contribution >= 0.6 is 0 Å². The summed E-state index contributed by atoms with van der Waals surface area (Å²) in [4.78, 5) is 13.0. The van der Waals surface area contributed by atoms with Crippen LogP contribution in [0.4, 0.5) is 0 Å². The molecule has 3 atom stereocenters. The smallest absolute Gasteiger partial charge is 0.310 e. The van der Waals surface area contributed by atoms with Gasteiger partial charge in [-0.2, -0.15) is 0 Å². The number of carbonyl (C=O) groups is 1. The van der Waals surface area contributed by atoms with Crippen molar-refractivity contribution < 1.29 is 23.4 Å². The van der Waals surface area contributed by atoms with Gasteiger partial charge in [-0.15, -0.1) is 0 Å². The summed E-state index contributed by atoms with van der Waals surface area (Å²) in [7, 11) is -1.33. The fourth-order valence-corrected chi connectivity index (χ4v) is 10.5. The third-order valence-electron chi connectivity index (χ3n) is 7.95. The number of hydrogen-bond acceptors (Lipinski definition) is 5. The average Bonchev–Trinajstić information content (AvgIpc) is 3.21. The summed E-state index contributed by atoms with van der Waals surface area (Å²) in [6.45, 7) is 7.06. The van der Waals surface area contributed by atoms with Gasteiger partial charge >= 0.3 is 5.97 Å². The van der Waals surface area contributed by atoms with E-state index in [1.807, 2.05) is 78.9 Å². The van der Waals surface area contributed by atoms with Crippen LogP contribution in [0.3, 0.4) is 0 Å². The van der Waals surface area contributed by atoms with E-state index in [1.54, 1.807) is 7.11 Å². The molecule has 0 aromatic heterocycles. The second kappa shape index (κ2) is 13.6. The van der Waals surface area contributed by atoms with E-state index in [2.05, 4.69) is 69.3 Å². The molecule has 43 heavy (non-hydrogen) atoms. The molecule has 0 saturated heterocycles. The quantitative estimate of drug-likeness (QED) is 0.116. The van der Waals surface area contributed by atoms with Crippen LogP contribution in [0, 0.1) is 0 Å². The predicted octanol–water partition coefficient (Wildman–Crippen LogP) is 6.77. The van der Waals surface area contributed by atoms with Gasteiger partial charge in [0, 0.05) is 0 Å². The zero-order valence-electron chi connectivity index (χ0n) is 25.3. The van der Waals surface area contributed by atoms with E-state index in [-0.39, 0.29) is 17.4 Å². The monoisotopic (exact) mass is 592 g/mol. The Morgan fingerprint density at radius 3 is 1.91 bits per heavy atom. The molecule has 5 nitrogen and oxygen atoms in total. The number of methoxy groups -OCH3 is 1. The Bertz CT molecular complexity index is 1440. The van der Waals surface area contributed by atoms with Crippen LogP contribution in [-0.2, 0) is 25.3 Å². The normalized spacial score (nSPS) is 18.0. The molecule has 0 aliphatic carbocycles. The van der Waals surface area contributed by atoms with Crippen molar-refractivity contribution in [3.63, 3.8) is 0 Å². The lowest BCUT2D eigenvalue weighted by atomic mass is 9.99. The molecule has 0 N–H and O–H groups in total. The van der Waals surface area contributed by atoms with E-state index in [4.69, 9.17) is 18.6 Å². The summed E-state index contributed by atoms with van der Waals surface area (Å²) in [6, 6.07) is 38.8. The van der Waals surface area contributed by atoms with Gasteiger partial charge in [-0.25, -0.2) is 0 Å². The first-order valence-electron chi connectivity index (χ1n) is 14.8. The average molecular weight is 593 g/mol. The number of hydrogen-bond donors (Lipinski definition) is 0. The van der Waals surface area contributed by atoms with Gasteiger partial charge in [-0.05, 0) is 38.7 Å². The number of rotatable bonds is 10.